The van der Waals surface area contributed by atoms with Crippen LogP contribution in [0.2, 0.25) is 0 Å². The monoisotopic (exact) mass is 255 g/mol. The molecule has 17 heavy (non-hydrogen) atoms. The summed E-state index contributed by atoms with van der Waals surface area (Å²) in [7, 11) is 0. The number of thiocarbonyl (C=S) groups is 1. The second-order valence-corrected chi connectivity index (χ2v) is 5.09. The highest BCUT2D eigenvalue weighted by Crippen LogP contribution is 2.22. The molecule has 1 aromatic carbocycles. The zero-order valence-corrected chi connectivity index (χ0v) is 11.0. The first-order valence-electron chi connectivity index (χ1n) is 5.60. The quantitative estimate of drug-likeness (QED) is 0.625. The van der Waals surface area contributed by atoms with E-state index >= 15 is 0 Å². The molecule has 94 valence electrons. The van der Waals surface area contributed by atoms with Gasteiger partial charge in [-0.05, 0) is 37.1 Å². The van der Waals surface area contributed by atoms with E-state index in [1.54, 1.807) is 12.1 Å². The molecule has 0 spiro atoms. The number of nitrogens with two attached hydrogens (primary N) is 1. The average molecular weight is 255 g/mol. The summed E-state index contributed by atoms with van der Waals surface area (Å²) in [5, 5.41) is 0. The normalized spacial score (nSPS) is 11.2. The Morgan fingerprint density at radius 1 is 1.35 bits per heavy atom. The summed E-state index contributed by atoms with van der Waals surface area (Å²) in [5.74, 6) is 0.423. The molecule has 0 atom stereocenters. The summed E-state index contributed by atoms with van der Waals surface area (Å²) in [4.78, 5) is 0.527. The van der Waals surface area contributed by atoms with Crippen LogP contribution in [0.25, 0.3) is 0 Å². The Labute approximate surface area is 107 Å². The molecule has 0 aromatic heterocycles. The van der Waals surface area contributed by atoms with Crippen molar-refractivity contribution >= 4 is 17.2 Å². The Bertz CT molecular complexity index is 376. The van der Waals surface area contributed by atoms with E-state index in [9.17, 15) is 4.39 Å². The van der Waals surface area contributed by atoms with Gasteiger partial charge in [0, 0.05) is 5.41 Å². The van der Waals surface area contributed by atoms with E-state index in [-0.39, 0.29) is 11.2 Å². The second kappa shape index (κ2) is 5.96. The van der Waals surface area contributed by atoms with Crippen LogP contribution in [0.3, 0.4) is 0 Å². The number of hydrogen-bond donors (Lipinski definition) is 1. The maximum Gasteiger partial charge on any atom is 0.123 e. The summed E-state index contributed by atoms with van der Waals surface area (Å²) in [6, 6.07) is 6.00. The van der Waals surface area contributed by atoms with Crippen LogP contribution in [0, 0.1) is 11.2 Å². The molecule has 0 heterocycles. The molecule has 0 aliphatic heterocycles. The standard InChI is InChI=1S/C13H18FNOS/c1-13(2,12(15)17)8-3-9-16-11-6-4-10(14)5-7-11/h4-7H,3,8-9H2,1-2H3,(H2,15,17). The molecule has 0 saturated heterocycles. The lowest BCUT2D eigenvalue weighted by molar-refractivity contribution is 0.287. The highest BCUT2D eigenvalue weighted by molar-refractivity contribution is 7.80. The Kier molecular flexibility index (Phi) is 4.87. The topological polar surface area (TPSA) is 35.2 Å². The molecule has 1 rings (SSSR count). The molecule has 0 fully saturated rings. The molecular formula is C13H18FNOS. The van der Waals surface area contributed by atoms with Crippen LogP contribution in [0.1, 0.15) is 26.7 Å². The molecule has 2 N–H and O–H groups in total. The fourth-order valence-electron chi connectivity index (χ4n) is 1.36. The average Bonchev–Trinajstić information content (AvgIpc) is 2.26. The van der Waals surface area contributed by atoms with Crippen LogP contribution < -0.4 is 10.5 Å². The largest absolute Gasteiger partial charge is 0.494 e. The van der Waals surface area contributed by atoms with Crippen LogP contribution in [0.5, 0.6) is 5.75 Å². The van der Waals surface area contributed by atoms with Gasteiger partial charge in [0.1, 0.15) is 11.6 Å². The van der Waals surface area contributed by atoms with E-state index in [1.807, 2.05) is 13.8 Å². The minimum atomic E-state index is -0.257. The third-order valence-corrected chi connectivity index (χ3v) is 3.25. The van der Waals surface area contributed by atoms with Crippen molar-refractivity contribution in [2.45, 2.75) is 26.7 Å². The van der Waals surface area contributed by atoms with Gasteiger partial charge in [0.15, 0.2) is 0 Å². The van der Waals surface area contributed by atoms with Gasteiger partial charge in [0.05, 0.1) is 11.6 Å². The Hall–Kier alpha value is -1.16. The summed E-state index contributed by atoms with van der Waals surface area (Å²) in [6.45, 7) is 4.62. The maximum atomic E-state index is 12.6. The van der Waals surface area contributed by atoms with Crippen LogP contribution in [-0.4, -0.2) is 11.6 Å². The zero-order chi connectivity index (χ0) is 12.9. The van der Waals surface area contributed by atoms with E-state index in [2.05, 4.69) is 0 Å². The molecule has 0 radical (unpaired) electrons. The second-order valence-electron chi connectivity index (χ2n) is 4.65. The molecule has 0 amide bonds. The zero-order valence-electron chi connectivity index (χ0n) is 10.2. The lowest BCUT2D eigenvalue weighted by Gasteiger charge is -2.22. The lowest BCUT2D eigenvalue weighted by atomic mass is 9.88. The molecule has 0 saturated carbocycles. The number of rotatable bonds is 6. The molecule has 4 heteroatoms. The summed E-state index contributed by atoms with van der Waals surface area (Å²) in [5.41, 5.74) is 5.49. The van der Waals surface area contributed by atoms with Crippen molar-refractivity contribution < 1.29 is 9.13 Å². The maximum absolute atomic E-state index is 12.6. The first-order chi connectivity index (χ1) is 7.92. The Balaban J connectivity index is 2.29. The molecule has 2 nitrogen and oxygen atoms in total. The third kappa shape index (κ3) is 4.69. The van der Waals surface area contributed by atoms with Gasteiger partial charge in [-0.15, -0.1) is 0 Å². The number of halogens is 1. The van der Waals surface area contributed by atoms with Gasteiger partial charge in [-0.25, -0.2) is 4.39 Å². The van der Waals surface area contributed by atoms with Crippen LogP contribution in [-0.2, 0) is 0 Å². The van der Waals surface area contributed by atoms with Crippen LogP contribution >= 0.6 is 12.2 Å². The fourth-order valence-corrected chi connectivity index (χ4v) is 1.46. The van der Waals surface area contributed by atoms with E-state index in [0.717, 1.165) is 12.8 Å². The van der Waals surface area contributed by atoms with Crippen molar-refractivity contribution in [2.24, 2.45) is 11.1 Å². The van der Waals surface area contributed by atoms with E-state index < -0.39 is 0 Å². The fraction of sp³-hybridized carbons (Fsp3) is 0.462. The lowest BCUT2D eigenvalue weighted by Crippen LogP contribution is -2.30. The first-order valence-corrected chi connectivity index (χ1v) is 6.01. The predicted octanol–water partition coefficient (Wildman–Crippen LogP) is 3.30. The number of benzene rings is 1. The summed E-state index contributed by atoms with van der Waals surface area (Å²) >= 11 is 4.98. The van der Waals surface area contributed by atoms with Crippen LogP contribution in [0.4, 0.5) is 4.39 Å². The highest BCUT2D eigenvalue weighted by Gasteiger charge is 2.20. The van der Waals surface area contributed by atoms with E-state index in [1.165, 1.54) is 12.1 Å². The molecular weight excluding hydrogens is 237 g/mol. The van der Waals surface area contributed by atoms with Crippen molar-refractivity contribution in [3.05, 3.63) is 30.1 Å². The first kappa shape index (κ1) is 13.9. The van der Waals surface area contributed by atoms with Gasteiger partial charge in [-0.3, -0.25) is 0 Å². The molecule has 0 bridgehead atoms. The van der Waals surface area contributed by atoms with Gasteiger partial charge >= 0.3 is 0 Å². The van der Waals surface area contributed by atoms with Crippen molar-refractivity contribution in [1.82, 2.24) is 0 Å². The molecule has 1 aromatic rings. The van der Waals surface area contributed by atoms with Crippen LogP contribution in [0.15, 0.2) is 24.3 Å². The van der Waals surface area contributed by atoms with Crippen molar-refractivity contribution in [2.75, 3.05) is 6.61 Å². The molecule has 0 aliphatic rings. The van der Waals surface area contributed by atoms with Gasteiger partial charge in [-0.2, -0.15) is 0 Å². The van der Waals surface area contributed by atoms with E-state index in [0.29, 0.717) is 17.3 Å². The third-order valence-electron chi connectivity index (χ3n) is 2.70. The van der Waals surface area contributed by atoms with Crippen molar-refractivity contribution in [3.8, 4) is 5.75 Å². The van der Waals surface area contributed by atoms with Crippen molar-refractivity contribution in [3.63, 3.8) is 0 Å². The number of ether oxygens (including phenoxy) is 1. The van der Waals surface area contributed by atoms with Crippen molar-refractivity contribution in [1.29, 1.82) is 0 Å². The Morgan fingerprint density at radius 3 is 2.47 bits per heavy atom. The predicted molar refractivity (Wildman–Crippen MR) is 71.7 cm³/mol. The minimum absolute atomic E-state index is 0.137. The van der Waals surface area contributed by atoms with Gasteiger partial charge in [0.25, 0.3) is 0 Å². The Morgan fingerprint density at radius 2 is 1.94 bits per heavy atom. The summed E-state index contributed by atoms with van der Waals surface area (Å²) in [6.07, 6.45) is 1.74. The number of hydrogen-bond acceptors (Lipinski definition) is 2. The molecule has 0 unspecified atom stereocenters. The highest BCUT2D eigenvalue weighted by atomic mass is 32.1. The molecule has 0 aliphatic carbocycles. The SMILES string of the molecule is CC(C)(CCCOc1ccc(F)cc1)C(N)=S. The van der Waals surface area contributed by atoms with E-state index in [4.69, 9.17) is 22.7 Å². The smallest absolute Gasteiger partial charge is 0.123 e. The minimum Gasteiger partial charge on any atom is -0.494 e. The van der Waals surface area contributed by atoms with Gasteiger partial charge < -0.3 is 10.5 Å². The van der Waals surface area contributed by atoms with Gasteiger partial charge in [-0.1, -0.05) is 26.1 Å². The summed E-state index contributed by atoms with van der Waals surface area (Å²) < 4.78 is 18.1. The van der Waals surface area contributed by atoms with Gasteiger partial charge in [0.2, 0.25) is 0 Å².